The molecule has 1 aliphatic rings. The number of ether oxygens (including phenoxy) is 2. The highest BCUT2D eigenvalue weighted by atomic mass is 35.5. The molecule has 1 aliphatic heterocycles. The van der Waals surface area contributed by atoms with Gasteiger partial charge in [-0.25, -0.2) is 0 Å². The minimum Gasteiger partial charge on any atom is -0.492 e. The van der Waals surface area contributed by atoms with Crippen molar-refractivity contribution in [2.75, 3.05) is 39.5 Å². The third kappa shape index (κ3) is 4.94. The van der Waals surface area contributed by atoms with E-state index in [2.05, 4.69) is 4.90 Å². The van der Waals surface area contributed by atoms with E-state index in [9.17, 15) is 0 Å². The number of hydrogen-bond acceptors (Lipinski definition) is 4. The number of nitrogens with two attached hydrogens (primary N) is 1. The summed E-state index contributed by atoms with van der Waals surface area (Å²) in [6.45, 7) is 7.18. The van der Waals surface area contributed by atoms with E-state index >= 15 is 0 Å². The first-order chi connectivity index (χ1) is 9.65. The molecule has 1 aromatic carbocycles. The van der Waals surface area contributed by atoms with Gasteiger partial charge in [-0.15, -0.1) is 0 Å². The van der Waals surface area contributed by atoms with Gasteiger partial charge in [-0.2, -0.15) is 0 Å². The fourth-order valence-electron chi connectivity index (χ4n) is 2.30. The maximum Gasteiger partial charge on any atom is 0.122 e. The summed E-state index contributed by atoms with van der Waals surface area (Å²) >= 11 is 6.04. The fraction of sp³-hybridized carbons (Fsp3) is 0.600. The van der Waals surface area contributed by atoms with Crippen molar-refractivity contribution >= 4 is 11.6 Å². The van der Waals surface area contributed by atoms with Crippen molar-refractivity contribution in [1.29, 1.82) is 0 Å². The van der Waals surface area contributed by atoms with Gasteiger partial charge in [0.05, 0.1) is 13.2 Å². The molecule has 4 nitrogen and oxygen atoms in total. The van der Waals surface area contributed by atoms with Crippen LogP contribution < -0.4 is 10.5 Å². The predicted molar refractivity (Wildman–Crippen MR) is 81.6 cm³/mol. The first kappa shape index (κ1) is 15.6. The summed E-state index contributed by atoms with van der Waals surface area (Å²) in [5.74, 6) is 0.889. The molecule has 1 aromatic rings. The van der Waals surface area contributed by atoms with Gasteiger partial charge in [-0.3, -0.25) is 4.90 Å². The fourth-order valence-corrected chi connectivity index (χ4v) is 2.50. The molecule has 0 aliphatic carbocycles. The van der Waals surface area contributed by atoms with Gasteiger partial charge in [-0.05, 0) is 37.1 Å². The minimum atomic E-state index is 0.0926. The largest absolute Gasteiger partial charge is 0.492 e. The second kappa shape index (κ2) is 7.84. The lowest BCUT2D eigenvalue weighted by atomic mass is 10.1. The summed E-state index contributed by atoms with van der Waals surface area (Å²) in [7, 11) is 0. The monoisotopic (exact) mass is 298 g/mol. The van der Waals surface area contributed by atoms with E-state index in [0.717, 1.165) is 55.6 Å². The zero-order chi connectivity index (χ0) is 14.4. The zero-order valence-corrected chi connectivity index (χ0v) is 12.7. The van der Waals surface area contributed by atoms with Crippen LogP contribution in [0.15, 0.2) is 18.2 Å². The molecule has 112 valence electrons. The van der Waals surface area contributed by atoms with E-state index in [1.165, 1.54) is 0 Å². The average Bonchev–Trinajstić information content (AvgIpc) is 2.42. The number of hydrogen-bond donors (Lipinski definition) is 1. The van der Waals surface area contributed by atoms with Crippen LogP contribution in [0.3, 0.4) is 0 Å². The van der Waals surface area contributed by atoms with Crippen LogP contribution in [0.1, 0.15) is 12.5 Å². The summed E-state index contributed by atoms with van der Waals surface area (Å²) < 4.78 is 11.2. The minimum absolute atomic E-state index is 0.0926. The Morgan fingerprint density at radius 1 is 1.40 bits per heavy atom. The summed E-state index contributed by atoms with van der Waals surface area (Å²) in [5, 5.41) is 0.723. The Kier molecular flexibility index (Phi) is 6.10. The van der Waals surface area contributed by atoms with Crippen molar-refractivity contribution in [1.82, 2.24) is 4.90 Å². The molecule has 20 heavy (non-hydrogen) atoms. The topological polar surface area (TPSA) is 47.7 Å². The highest BCUT2D eigenvalue weighted by molar-refractivity contribution is 6.30. The first-order valence-electron chi connectivity index (χ1n) is 7.12. The summed E-state index contributed by atoms with van der Waals surface area (Å²) in [5.41, 5.74) is 6.95. The smallest absolute Gasteiger partial charge is 0.122 e. The van der Waals surface area contributed by atoms with Gasteiger partial charge in [0.2, 0.25) is 0 Å². The van der Waals surface area contributed by atoms with Gasteiger partial charge < -0.3 is 15.2 Å². The van der Waals surface area contributed by atoms with Crippen molar-refractivity contribution in [3.05, 3.63) is 28.8 Å². The Morgan fingerprint density at radius 2 is 2.15 bits per heavy atom. The number of rotatable bonds is 6. The third-order valence-electron chi connectivity index (χ3n) is 3.33. The van der Waals surface area contributed by atoms with Gasteiger partial charge >= 0.3 is 0 Å². The molecule has 1 fully saturated rings. The van der Waals surface area contributed by atoms with E-state index in [1.807, 2.05) is 25.1 Å². The first-order valence-corrected chi connectivity index (χ1v) is 7.50. The molecular weight excluding hydrogens is 276 g/mol. The van der Waals surface area contributed by atoms with Gasteiger partial charge in [0.1, 0.15) is 12.4 Å². The molecule has 1 heterocycles. The SMILES string of the molecule is CC(N)Cc1cc(Cl)ccc1OCCN1CCOCC1. The van der Waals surface area contributed by atoms with Crippen LogP contribution in [0.5, 0.6) is 5.75 Å². The maximum absolute atomic E-state index is 6.04. The highest BCUT2D eigenvalue weighted by Gasteiger charge is 2.11. The lowest BCUT2D eigenvalue weighted by molar-refractivity contribution is 0.0322. The van der Waals surface area contributed by atoms with Crippen molar-refractivity contribution in [2.45, 2.75) is 19.4 Å². The van der Waals surface area contributed by atoms with Gasteiger partial charge in [0.25, 0.3) is 0 Å². The van der Waals surface area contributed by atoms with Crippen molar-refractivity contribution in [3.8, 4) is 5.75 Å². The molecule has 5 heteroatoms. The molecule has 0 amide bonds. The molecule has 0 spiro atoms. The van der Waals surface area contributed by atoms with Gasteiger partial charge in [0, 0.05) is 30.7 Å². The number of morpholine rings is 1. The third-order valence-corrected chi connectivity index (χ3v) is 3.57. The number of halogens is 1. The van der Waals surface area contributed by atoms with Crippen molar-refractivity contribution in [3.63, 3.8) is 0 Å². The molecule has 1 atom stereocenters. The highest BCUT2D eigenvalue weighted by Crippen LogP contribution is 2.24. The number of benzene rings is 1. The number of nitrogens with zero attached hydrogens (tertiary/aromatic N) is 1. The van der Waals surface area contributed by atoms with E-state index < -0.39 is 0 Å². The Morgan fingerprint density at radius 3 is 2.85 bits per heavy atom. The maximum atomic E-state index is 6.04. The van der Waals surface area contributed by atoms with Crippen LogP contribution >= 0.6 is 11.6 Å². The van der Waals surface area contributed by atoms with E-state index in [4.69, 9.17) is 26.8 Å². The molecular formula is C15H23ClN2O2. The van der Waals surface area contributed by atoms with Crippen LogP contribution in [-0.4, -0.2) is 50.4 Å². The summed E-state index contributed by atoms with van der Waals surface area (Å²) in [6, 6.07) is 5.82. The summed E-state index contributed by atoms with van der Waals surface area (Å²) in [6.07, 6.45) is 0.771. The Labute approximate surface area is 125 Å². The van der Waals surface area contributed by atoms with Crippen molar-refractivity contribution < 1.29 is 9.47 Å². The van der Waals surface area contributed by atoms with Crippen LogP contribution in [0.4, 0.5) is 0 Å². The van der Waals surface area contributed by atoms with Gasteiger partial charge in [0.15, 0.2) is 0 Å². The van der Waals surface area contributed by atoms with Crippen LogP contribution in [0.2, 0.25) is 5.02 Å². The van der Waals surface area contributed by atoms with E-state index in [0.29, 0.717) is 6.61 Å². The van der Waals surface area contributed by atoms with E-state index in [1.54, 1.807) is 0 Å². The lowest BCUT2D eigenvalue weighted by Crippen LogP contribution is -2.38. The molecule has 2 rings (SSSR count). The van der Waals surface area contributed by atoms with Crippen LogP contribution in [0, 0.1) is 0 Å². The molecule has 1 saturated heterocycles. The molecule has 0 radical (unpaired) electrons. The van der Waals surface area contributed by atoms with Gasteiger partial charge in [-0.1, -0.05) is 11.6 Å². The zero-order valence-electron chi connectivity index (χ0n) is 12.0. The molecule has 1 unspecified atom stereocenters. The predicted octanol–water partition coefficient (Wildman–Crippen LogP) is 1.94. The molecule has 0 aromatic heterocycles. The van der Waals surface area contributed by atoms with Crippen LogP contribution in [0.25, 0.3) is 0 Å². The summed E-state index contributed by atoms with van der Waals surface area (Å²) in [4.78, 5) is 2.35. The van der Waals surface area contributed by atoms with Crippen LogP contribution in [-0.2, 0) is 11.2 Å². The molecule has 0 saturated carbocycles. The Balaban J connectivity index is 1.87. The standard InChI is InChI=1S/C15H23ClN2O2/c1-12(17)10-13-11-14(16)2-3-15(13)20-9-6-18-4-7-19-8-5-18/h2-3,11-12H,4-10,17H2,1H3. The Bertz CT molecular complexity index is 420. The molecule has 2 N–H and O–H groups in total. The van der Waals surface area contributed by atoms with E-state index in [-0.39, 0.29) is 6.04 Å². The van der Waals surface area contributed by atoms with Crippen molar-refractivity contribution in [2.24, 2.45) is 5.73 Å². The lowest BCUT2D eigenvalue weighted by Gasteiger charge is -2.26. The quantitative estimate of drug-likeness (QED) is 0.872. The average molecular weight is 299 g/mol. The second-order valence-electron chi connectivity index (χ2n) is 5.24. The normalized spacial score (nSPS) is 17.9. The Hall–Kier alpha value is -0.810. The second-order valence-corrected chi connectivity index (χ2v) is 5.67. The molecule has 0 bridgehead atoms.